The molecule has 0 spiro atoms. The molecule has 0 amide bonds. The van der Waals surface area contributed by atoms with Crippen LogP contribution in [0.5, 0.6) is 0 Å². The van der Waals surface area contributed by atoms with Gasteiger partial charge in [-0.25, -0.2) is 0 Å². The van der Waals surface area contributed by atoms with E-state index in [1.807, 2.05) is 0 Å². The Morgan fingerprint density at radius 1 is 0.882 bits per heavy atom. The summed E-state index contributed by atoms with van der Waals surface area (Å²) in [6.07, 6.45) is 5.48. The van der Waals surface area contributed by atoms with Crippen molar-refractivity contribution in [2.75, 3.05) is 11.5 Å². The maximum atomic E-state index is 2.31. The van der Waals surface area contributed by atoms with Crippen molar-refractivity contribution in [1.29, 1.82) is 0 Å². The van der Waals surface area contributed by atoms with Crippen LogP contribution in [0.3, 0.4) is 0 Å². The minimum atomic E-state index is 0.618. The number of hydrogen-bond donors (Lipinski definition) is 0. The standard InChI is InChI=1S/C16H27S/c1-4-6-12-17(13-7-5-2)14-16-10-8-15(3)9-11-16/h8-11H,4-7,12-14H2,1-3H3/q+1. The van der Waals surface area contributed by atoms with Crippen LogP contribution in [0.15, 0.2) is 24.3 Å². The van der Waals surface area contributed by atoms with Gasteiger partial charge in [-0.15, -0.1) is 0 Å². The van der Waals surface area contributed by atoms with Crippen LogP contribution in [-0.2, 0) is 16.6 Å². The lowest BCUT2D eigenvalue weighted by Crippen LogP contribution is -2.14. The van der Waals surface area contributed by atoms with Gasteiger partial charge in [-0.05, 0) is 30.7 Å². The molecule has 1 heteroatoms. The zero-order chi connectivity index (χ0) is 12.5. The molecule has 0 saturated heterocycles. The number of aryl methyl sites for hydroxylation is 1. The topological polar surface area (TPSA) is 0 Å². The molecule has 1 rings (SSSR count). The van der Waals surface area contributed by atoms with Crippen LogP contribution in [-0.4, -0.2) is 11.5 Å². The summed E-state index contributed by atoms with van der Waals surface area (Å²) in [5, 5.41) is 0. The SMILES string of the molecule is CCCC[S+](CCCC)Cc1ccc(C)cc1. The highest BCUT2D eigenvalue weighted by molar-refractivity contribution is 7.96. The number of unbranched alkanes of at least 4 members (excludes halogenated alkanes) is 2. The van der Waals surface area contributed by atoms with Crippen molar-refractivity contribution in [3.05, 3.63) is 35.4 Å². The van der Waals surface area contributed by atoms with Gasteiger partial charge in [-0.1, -0.05) is 56.5 Å². The molecule has 0 heterocycles. The van der Waals surface area contributed by atoms with Gasteiger partial charge in [0, 0.05) is 5.56 Å². The van der Waals surface area contributed by atoms with Gasteiger partial charge in [0.25, 0.3) is 0 Å². The minimum absolute atomic E-state index is 0.618. The highest BCUT2D eigenvalue weighted by Crippen LogP contribution is 2.14. The predicted molar refractivity (Wildman–Crippen MR) is 81.8 cm³/mol. The summed E-state index contributed by atoms with van der Waals surface area (Å²) in [7, 11) is 0.618. The highest BCUT2D eigenvalue weighted by Gasteiger charge is 2.17. The van der Waals surface area contributed by atoms with Crippen molar-refractivity contribution in [2.24, 2.45) is 0 Å². The van der Waals surface area contributed by atoms with Crippen molar-refractivity contribution in [3.8, 4) is 0 Å². The van der Waals surface area contributed by atoms with Crippen molar-refractivity contribution >= 4 is 10.9 Å². The fourth-order valence-corrected chi connectivity index (χ4v) is 4.41. The first-order valence-electron chi connectivity index (χ1n) is 6.96. The largest absolute Gasteiger partial charge is 0.133 e. The molecule has 0 aromatic heterocycles. The fraction of sp³-hybridized carbons (Fsp3) is 0.625. The van der Waals surface area contributed by atoms with Gasteiger partial charge in [0.2, 0.25) is 0 Å². The average molecular weight is 251 g/mol. The molecule has 1 aromatic carbocycles. The normalized spacial score (nSPS) is 11.1. The quantitative estimate of drug-likeness (QED) is 0.587. The maximum Gasteiger partial charge on any atom is 0.133 e. The van der Waals surface area contributed by atoms with Crippen LogP contribution < -0.4 is 0 Å². The first kappa shape index (κ1) is 14.6. The third kappa shape index (κ3) is 6.16. The molecular weight excluding hydrogens is 224 g/mol. The molecule has 0 N–H and O–H groups in total. The van der Waals surface area contributed by atoms with E-state index in [2.05, 4.69) is 45.0 Å². The molecule has 0 bridgehead atoms. The summed E-state index contributed by atoms with van der Waals surface area (Å²) in [5.74, 6) is 4.18. The van der Waals surface area contributed by atoms with Gasteiger partial charge in [0.05, 0.1) is 0 Å². The molecule has 0 nitrogen and oxygen atoms in total. The monoisotopic (exact) mass is 251 g/mol. The molecule has 0 atom stereocenters. The van der Waals surface area contributed by atoms with Crippen molar-refractivity contribution in [2.45, 2.75) is 52.2 Å². The van der Waals surface area contributed by atoms with Gasteiger partial charge in [-0.3, -0.25) is 0 Å². The zero-order valence-electron chi connectivity index (χ0n) is 11.7. The first-order chi connectivity index (χ1) is 8.26. The highest BCUT2D eigenvalue weighted by atomic mass is 32.2. The smallest absolute Gasteiger partial charge is 0.0652 e. The Balaban J connectivity index is 2.48. The van der Waals surface area contributed by atoms with E-state index in [0.717, 1.165) is 0 Å². The summed E-state index contributed by atoms with van der Waals surface area (Å²) in [5.41, 5.74) is 2.90. The van der Waals surface area contributed by atoms with Crippen molar-refractivity contribution in [3.63, 3.8) is 0 Å². The summed E-state index contributed by atoms with van der Waals surface area (Å²) in [4.78, 5) is 0. The number of rotatable bonds is 8. The summed E-state index contributed by atoms with van der Waals surface area (Å²) < 4.78 is 0. The molecule has 0 aliphatic rings. The van der Waals surface area contributed by atoms with Crippen LogP contribution in [0.2, 0.25) is 0 Å². The van der Waals surface area contributed by atoms with E-state index in [1.54, 1.807) is 0 Å². The average Bonchev–Trinajstić information content (AvgIpc) is 2.35. The lowest BCUT2D eigenvalue weighted by Gasteiger charge is -2.08. The van der Waals surface area contributed by atoms with Gasteiger partial charge in [0.15, 0.2) is 0 Å². The second kappa shape index (κ2) is 8.63. The van der Waals surface area contributed by atoms with E-state index < -0.39 is 0 Å². The molecule has 96 valence electrons. The molecule has 0 aliphatic heterocycles. The maximum absolute atomic E-state index is 2.31. The Morgan fingerprint density at radius 3 is 1.88 bits per heavy atom. The van der Waals surface area contributed by atoms with E-state index >= 15 is 0 Å². The minimum Gasteiger partial charge on any atom is -0.0652 e. The van der Waals surface area contributed by atoms with Crippen LogP contribution in [0.4, 0.5) is 0 Å². The Labute approximate surface area is 110 Å². The van der Waals surface area contributed by atoms with Crippen molar-refractivity contribution in [1.82, 2.24) is 0 Å². The van der Waals surface area contributed by atoms with Crippen LogP contribution >= 0.6 is 0 Å². The fourth-order valence-electron chi connectivity index (χ4n) is 1.86. The summed E-state index contributed by atoms with van der Waals surface area (Å²) >= 11 is 0. The second-order valence-electron chi connectivity index (χ2n) is 4.86. The third-order valence-electron chi connectivity index (χ3n) is 3.06. The summed E-state index contributed by atoms with van der Waals surface area (Å²) in [6.45, 7) is 6.76. The van der Waals surface area contributed by atoms with Crippen LogP contribution in [0.1, 0.15) is 50.7 Å². The predicted octanol–water partition coefficient (Wildman–Crippen LogP) is 4.71. The molecule has 1 aromatic rings. The Morgan fingerprint density at radius 2 is 1.41 bits per heavy atom. The lowest BCUT2D eigenvalue weighted by molar-refractivity contribution is 0.870. The molecule has 0 fully saturated rings. The molecule has 17 heavy (non-hydrogen) atoms. The number of hydrogen-bond acceptors (Lipinski definition) is 0. The first-order valence-corrected chi connectivity index (χ1v) is 8.69. The number of benzene rings is 1. The second-order valence-corrected chi connectivity index (χ2v) is 7.19. The van der Waals surface area contributed by atoms with E-state index in [1.165, 1.54) is 54.1 Å². The van der Waals surface area contributed by atoms with E-state index in [4.69, 9.17) is 0 Å². The zero-order valence-corrected chi connectivity index (χ0v) is 12.5. The Hall–Kier alpha value is -0.430. The Bertz CT molecular complexity index is 281. The van der Waals surface area contributed by atoms with E-state index in [9.17, 15) is 0 Å². The van der Waals surface area contributed by atoms with Gasteiger partial charge < -0.3 is 0 Å². The van der Waals surface area contributed by atoms with Crippen LogP contribution in [0.25, 0.3) is 0 Å². The third-order valence-corrected chi connectivity index (χ3v) is 5.54. The lowest BCUT2D eigenvalue weighted by atomic mass is 10.2. The van der Waals surface area contributed by atoms with E-state index in [0.29, 0.717) is 10.9 Å². The Kier molecular flexibility index (Phi) is 7.43. The molecule has 0 aliphatic carbocycles. The van der Waals surface area contributed by atoms with Gasteiger partial charge >= 0.3 is 0 Å². The van der Waals surface area contributed by atoms with Crippen LogP contribution in [0, 0.1) is 6.92 Å². The van der Waals surface area contributed by atoms with E-state index in [-0.39, 0.29) is 0 Å². The van der Waals surface area contributed by atoms with Gasteiger partial charge in [0.1, 0.15) is 17.3 Å². The van der Waals surface area contributed by atoms with Gasteiger partial charge in [-0.2, -0.15) is 0 Å². The van der Waals surface area contributed by atoms with Crippen molar-refractivity contribution < 1.29 is 0 Å². The molecular formula is C16H27S+. The molecule has 0 radical (unpaired) electrons. The summed E-state index contributed by atoms with van der Waals surface area (Å²) in [6, 6.07) is 9.12. The molecule has 0 saturated carbocycles. The molecule has 0 unspecified atom stereocenters.